The van der Waals surface area contributed by atoms with Crippen molar-refractivity contribution in [3.8, 4) is 0 Å². The Morgan fingerprint density at radius 2 is 1.88 bits per heavy atom. The lowest BCUT2D eigenvalue weighted by atomic mass is 9.95. The Hall–Kier alpha value is -0.340. The Morgan fingerprint density at radius 3 is 2.47 bits per heavy atom. The van der Waals surface area contributed by atoms with E-state index in [9.17, 15) is 0 Å². The number of nitrogens with one attached hydrogen (secondary N) is 1. The monoisotopic (exact) mass is 253 g/mol. The molecule has 1 heterocycles. The van der Waals surface area contributed by atoms with Gasteiger partial charge in [-0.1, -0.05) is 47.0 Å². The van der Waals surface area contributed by atoms with E-state index in [4.69, 9.17) is 0 Å². The number of unbranched alkanes of at least 4 members (excludes halogenated alkanes) is 3. The summed E-state index contributed by atoms with van der Waals surface area (Å²) in [4.78, 5) is 2.95. The Morgan fingerprint density at radius 1 is 1.12 bits per heavy atom. The summed E-state index contributed by atoms with van der Waals surface area (Å²) in [5.41, 5.74) is 0.296. The predicted molar refractivity (Wildman–Crippen MR) is 78.9 cm³/mol. The van der Waals surface area contributed by atoms with Crippen molar-refractivity contribution in [2.75, 3.05) is 6.54 Å². The van der Waals surface area contributed by atoms with Crippen LogP contribution in [0, 0.1) is 0 Å². The van der Waals surface area contributed by atoms with E-state index in [-0.39, 0.29) is 0 Å². The molecule has 0 amide bonds. The highest BCUT2D eigenvalue weighted by molar-refractivity contribution is 7.12. The van der Waals surface area contributed by atoms with Crippen molar-refractivity contribution >= 4 is 11.3 Å². The van der Waals surface area contributed by atoms with Gasteiger partial charge in [-0.05, 0) is 30.5 Å². The van der Waals surface area contributed by atoms with Gasteiger partial charge in [-0.15, -0.1) is 11.3 Å². The Kier molecular flexibility index (Phi) is 6.21. The fourth-order valence-corrected chi connectivity index (χ4v) is 2.80. The lowest BCUT2D eigenvalue weighted by Gasteiger charge is -2.15. The topological polar surface area (TPSA) is 12.0 Å². The first-order valence-electron chi connectivity index (χ1n) is 6.84. The second-order valence-electron chi connectivity index (χ2n) is 5.75. The summed E-state index contributed by atoms with van der Waals surface area (Å²) in [6.07, 6.45) is 5.36. The number of hydrogen-bond donors (Lipinski definition) is 1. The lowest BCUT2D eigenvalue weighted by molar-refractivity contribution is 0.600. The van der Waals surface area contributed by atoms with Crippen LogP contribution in [0.15, 0.2) is 12.1 Å². The SMILES string of the molecule is CCCCCCNCc1ccc(C(C)(C)C)s1. The minimum atomic E-state index is 0.296. The van der Waals surface area contributed by atoms with Gasteiger partial charge in [0.25, 0.3) is 0 Å². The second-order valence-corrected chi connectivity index (χ2v) is 6.92. The summed E-state index contributed by atoms with van der Waals surface area (Å²) in [6, 6.07) is 4.54. The molecule has 0 unspecified atom stereocenters. The van der Waals surface area contributed by atoms with Gasteiger partial charge in [0.1, 0.15) is 0 Å². The molecule has 1 aromatic heterocycles. The van der Waals surface area contributed by atoms with Crippen LogP contribution in [0.4, 0.5) is 0 Å². The molecule has 2 heteroatoms. The van der Waals surface area contributed by atoms with Gasteiger partial charge in [-0.25, -0.2) is 0 Å². The molecule has 0 aliphatic rings. The maximum Gasteiger partial charge on any atom is 0.0299 e. The van der Waals surface area contributed by atoms with Crippen LogP contribution in [0.25, 0.3) is 0 Å². The molecule has 0 aliphatic carbocycles. The van der Waals surface area contributed by atoms with Crippen molar-refractivity contribution in [1.82, 2.24) is 5.32 Å². The van der Waals surface area contributed by atoms with Gasteiger partial charge in [-0.3, -0.25) is 0 Å². The van der Waals surface area contributed by atoms with E-state index >= 15 is 0 Å². The zero-order chi connectivity index (χ0) is 12.7. The second kappa shape index (κ2) is 7.17. The van der Waals surface area contributed by atoms with Gasteiger partial charge in [0.2, 0.25) is 0 Å². The summed E-state index contributed by atoms with van der Waals surface area (Å²) in [7, 11) is 0. The minimum absolute atomic E-state index is 0.296. The lowest BCUT2D eigenvalue weighted by Crippen LogP contribution is -2.13. The van der Waals surface area contributed by atoms with Gasteiger partial charge in [-0.2, -0.15) is 0 Å². The fourth-order valence-electron chi connectivity index (χ4n) is 1.76. The molecule has 0 aromatic carbocycles. The quantitative estimate of drug-likeness (QED) is 0.694. The minimum Gasteiger partial charge on any atom is -0.312 e. The number of thiophene rings is 1. The third-order valence-electron chi connectivity index (χ3n) is 2.91. The van der Waals surface area contributed by atoms with E-state index in [1.165, 1.54) is 35.4 Å². The van der Waals surface area contributed by atoms with Crippen LogP contribution in [0.5, 0.6) is 0 Å². The van der Waals surface area contributed by atoms with Crippen molar-refractivity contribution in [2.45, 2.75) is 65.3 Å². The molecule has 0 atom stereocenters. The van der Waals surface area contributed by atoms with E-state index in [0.29, 0.717) is 5.41 Å². The van der Waals surface area contributed by atoms with Crippen LogP contribution in [0.1, 0.15) is 63.1 Å². The molecule has 17 heavy (non-hydrogen) atoms. The molecule has 0 saturated carbocycles. The highest BCUT2D eigenvalue weighted by Crippen LogP contribution is 2.29. The van der Waals surface area contributed by atoms with Crippen molar-refractivity contribution in [1.29, 1.82) is 0 Å². The zero-order valence-corrected chi connectivity index (χ0v) is 12.6. The summed E-state index contributed by atoms with van der Waals surface area (Å²) >= 11 is 1.95. The van der Waals surface area contributed by atoms with Crippen molar-refractivity contribution < 1.29 is 0 Å². The third-order valence-corrected chi connectivity index (χ3v) is 4.42. The molecule has 0 bridgehead atoms. The van der Waals surface area contributed by atoms with Gasteiger partial charge in [0.05, 0.1) is 0 Å². The average molecular weight is 253 g/mol. The molecule has 0 spiro atoms. The average Bonchev–Trinajstić information content (AvgIpc) is 2.71. The molecule has 98 valence electrons. The summed E-state index contributed by atoms with van der Waals surface area (Å²) < 4.78 is 0. The third kappa shape index (κ3) is 5.69. The molecule has 1 N–H and O–H groups in total. The van der Waals surface area contributed by atoms with E-state index in [2.05, 4.69) is 45.1 Å². The van der Waals surface area contributed by atoms with Crippen LogP contribution in [-0.4, -0.2) is 6.54 Å². The van der Waals surface area contributed by atoms with Gasteiger partial charge in [0, 0.05) is 16.3 Å². The normalized spacial score (nSPS) is 12.0. The van der Waals surface area contributed by atoms with Gasteiger partial charge < -0.3 is 5.32 Å². The first-order chi connectivity index (χ1) is 8.04. The first kappa shape index (κ1) is 14.7. The van der Waals surface area contributed by atoms with Crippen LogP contribution in [0.2, 0.25) is 0 Å². The van der Waals surface area contributed by atoms with Crippen LogP contribution >= 0.6 is 11.3 Å². The Bertz CT molecular complexity index is 309. The Labute approximate surface area is 111 Å². The summed E-state index contributed by atoms with van der Waals surface area (Å²) in [5, 5.41) is 3.54. The van der Waals surface area contributed by atoms with Gasteiger partial charge >= 0.3 is 0 Å². The van der Waals surface area contributed by atoms with E-state index in [0.717, 1.165) is 13.1 Å². The molecule has 1 nitrogen and oxygen atoms in total. The van der Waals surface area contributed by atoms with E-state index in [1.807, 2.05) is 11.3 Å². The molecule has 0 aliphatic heterocycles. The van der Waals surface area contributed by atoms with Gasteiger partial charge in [0.15, 0.2) is 0 Å². The largest absolute Gasteiger partial charge is 0.312 e. The molecule has 1 rings (SSSR count). The molecule has 1 aromatic rings. The number of rotatable bonds is 7. The van der Waals surface area contributed by atoms with Crippen molar-refractivity contribution in [3.63, 3.8) is 0 Å². The van der Waals surface area contributed by atoms with Crippen molar-refractivity contribution in [3.05, 3.63) is 21.9 Å². The maximum atomic E-state index is 3.54. The van der Waals surface area contributed by atoms with E-state index in [1.54, 1.807) is 0 Å². The van der Waals surface area contributed by atoms with Crippen LogP contribution < -0.4 is 5.32 Å². The predicted octanol–water partition coefficient (Wildman–Crippen LogP) is 4.72. The highest BCUT2D eigenvalue weighted by atomic mass is 32.1. The molecule has 0 saturated heterocycles. The molecular formula is C15H27NS. The van der Waals surface area contributed by atoms with Crippen LogP contribution in [-0.2, 0) is 12.0 Å². The molecular weight excluding hydrogens is 226 g/mol. The van der Waals surface area contributed by atoms with Crippen LogP contribution in [0.3, 0.4) is 0 Å². The molecule has 0 radical (unpaired) electrons. The smallest absolute Gasteiger partial charge is 0.0299 e. The number of hydrogen-bond acceptors (Lipinski definition) is 2. The standard InChI is InChI=1S/C15H27NS/c1-5-6-7-8-11-16-12-13-9-10-14(17-13)15(2,3)4/h9-10,16H,5-8,11-12H2,1-4H3. The summed E-state index contributed by atoms with van der Waals surface area (Å²) in [5.74, 6) is 0. The fraction of sp³-hybridized carbons (Fsp3) is 0.733. The zero-order valence-electron chi connectivity index (χ0n) is 11.8. The van der Waals surface area contributed by atoms with E-state index < -0.39 is 0 Å². The van der Waals surface area contributed by atoms with Crippen molar-refractivity contribution in [2.24, 2.45) is 0 Å². The summed E-state index contributed by atoms with van der Waals surface area (Å²) in [6.45, 7) is 11.3. The first-order valence-corrected chi connectivity index (χ1v) is 7.65. The highest BCUT2D eigenvalue weighted by Gasteiger charge is 2.15. The molecule has 0 fully saturated rings. The Balaban J connectivity index is 2.21. The maximum absolute atomic E-state index is 3.54.